The molecule has 0 spiro atoms. The summed E-state index contributed by atoms with van der Waals surface area (Å²) >= 11 is 0. The van der Waals surface area contributed by atoms with E-state index in [9.17, 15) is 0 Å². The van der Waals surface area contributed by atoms with Crippen molar-refractivity contribution in [2.45, 2.75) is 0 Å². The SMILES string of the molecule is COc1c(N)ncnc1Oc1ncn(C)n1. The van der Waals surface area contributed by atoms with Gasteiger partial charge in [0.1, 0.15) is 12.7 Å². The van der Waals surface area contributed by atoms with Gasteiger partial charge < -0.3 is 15.2 Å². The van der Waals surface area contributed by atoms with E-state index in [1.54, 1.807) is 7.05 Å². The van der Waals surface area contributed by atoms with Crippen molar-refractivity contribution < 1.29 is 9.47 Å². The van der Waals surface area contributed by atoms with Crippen LogP contribution in [0, 0.1) is 0 Å². The standard InChI is InChI=1S/C8H10N6O2/c1-14-4-12-8(13-14)16-7-5(15-2)6(9)10-3-11-7/h3-4H,1-2H3,(H2,9,10,11). The Bertz CT molecular complexity index is 497. The van der Waals surface area contributed by atoms with Crippen LogP contribution in [0.25, 0.3) is 0 Å². The van der Waals surface area contributed by atoms with E-state index < -0.39 is 0 Å². The highest BCUT2D eigenvalue weighted by molar-refractivity contribution is 5.51. The summed E-state index contributed by atoms with van der Waals surface area (Å²) in [6, 6.07) is 0.166. The lowest BCUT2D eigenvalue weighted by molar-refractivity contribution is 0.356. The Kier molecular flexibility index (Phi) is 2.54. The molecular formula is C8H10N6O2. The third-order valence-corrected chi connectivity index (χ3v) is 1.77. The van der Waals surface area contributed by atoms with Crippen molar-refractivity contribution in [3.05, 3.63) is 12.7 Å². The summed E-state index contributed by atoms with van der Waals surface area (Å²) in [4.78, 5) is 11.5. The number of nitrogens with two attached hydrogens (primary N) is 1. The van der Waals surface area contributed by atoms with Crippen molar-refractivity contribution >= 4 is 5.82 Å². The molecule has 0 aliphatic carbocycles. The average Bonchev–Trinajstić information content (AvgIpc) is 2.64. The second-order valence-electron chi connectivity index (χ2n) is 2.90. The van der Waals surface area contributed by atoms with Gasteiger partial charge in [-0.3, -0.25) is 4.68 Å². The normalized spacial score (nSPS) is 10.1. The van der Waals surface area contributed by atoms with Crippen LogP contribution in [-0.4, -0.2) is 31.8 Å². The van der Waals surface area contributed by atoms with Gasteiger partial charge in [-0.1, -0.05) is 0 Å². The maximum absolute atomic E-state index is 5.59. The van der Waals surface area contributed by atoms with Gasteiger partial charge in [-0.25, -0.2) is 4.98 Å². The van der Waals surface area contributed by atoms with Crippen molar-refractivity contribution in [1.82, 2.24) is 24.7 Å². The molecule has 2 rings (SSSR count). The predicted octanol–water partition coefficient (Wildman–Crippen LogP) is -0.0118. The monoisotopic (exact) mass is 222 g/mol. The molecule has 0 saturated carbocycles. The molecule has 0 radical (unpaired) electrons. The summed E-state index contributed by atoms with van der Waals surface area (Å²) in [6.07, 6.45) is 2.78. The fourth-order valence-electron chi connectivity index (χ4n) is 1.09. The molecule has 2 heterocycles. The lowest BCUT2D eigenvalue weighted by Crippen LogP contribution is -2.01. The molecule has 8 heteroatoms. The third kappa shape index (κ3) is 1.85. The smallest absolute Gasteiger partial charge is 0.342 e. The molecule has 0 aromatic carbocycles. The highest BCUT2D eigenvalue weighted by Gasteiger charge is 2.13. The summed E-state index contributed by atoms with van der Waals surface area (Å²) < 4.78 is 11.8. The number of anilines is 1. The Morgan fingerprint density at radius 1 is 1.31 bits per heavy atom. The topological polar surface area (TPSA) is 101 Å². The van der Waals surface area contributed by atoms with Gasteiger partial charge in [-0.15, -0.1) is 5.10 Å². The van der Waals surface area contributed by atoms with Crippen molar-refractivity contribution in [2.75, 3.05) is 12.8 Å². The molecule has 16 heavy (non-hydrogen) atoms. The zero-order valence-corrected chi connectivity index (χ0v) is 8.78. The van der Waals surface area contributed by atoms with Gasteiger partial charge in [0.25, 0.3) is 5.88 Å². The lowest BCUT2D eigenvalue weighted by Gasteiger charge is -2.06. The maximum Gasteiger partial charge on any atom is 0.342 e. The van der Waals surface area contributed by atoms with Crippen molar-refractivity contribution in [2.24, 2.45) is 7.05 Å². The molecule has 0 aliphatic heterocycles. The van der Waals surface area contributed by atoms with Crippen LogP contribution in [0.3, 0.4) is 0 Å². The minimum atomic E-state index is 0.166. The molecule has 0 fully saturated rings. The molecule has 84 valence electrons. The molecule has 2 aromatic heterocycles. The van der Waals surface area contributed by atoms with E-state index in [-0.39, 0.29) is 23.5 Å². The zero-order valence-electron chi connectivity index (χ0n) is 8.78. The predicted molar refractivity (Wildman–Crippen MR) is 54.1 cm³/mol. The first-order valence-corrected chi connectivity index (χ1v) is 4.38. The number of nitrogens with zero attached hydrogens (tertiary/aromatic N) is 5. The fraction of sp³-hybridized carbons (Fsp3) is 0.250. The molecular weight excluding hydrogens is 212 g/mol. The number of methoxy groups -OCH3 is 1. The van der Waals surface area contributed by atoms with E-state index >= 15 is 0 Å². The first-order chi connectivity index (χ1) is 7.70. The largest absolute Gasteiger partial charge is 0.489 e. The molecule has 0 unspecified atom stereocenters. The molecule has 0 atom stereocenters. The molecule has 8 nitrogen and oxygen atoms in total. The molecule has 2 N–H and O–H groups in total. The molecule has 0 amide bonds. The van der Waals surface area contributed by atoms with E-state index in [4.69, 9.17) is 15.2 Å². The first-order valence-electron chi connectivity index (χ1n) is 4.38. The Morgan fingerprint density at radius 2 is 2.12 bits per heavy atom. The first kappa shape index (κ1) is 10.1. The Balaban J connectivity index is 2.30. The van der Waals surface area contributed by atoms with Crippen molar-refractivity contribution in [3.8, 4) is 17.6 Å². The van der Waals surface area contributed by atoms with Crippen LogP contribution in [0.15, 0.2) is 12.7 Å². The summed E-state index contributed by atoms with van der Waals surface area (Å²) in [5, 5.41) is 3.94. The second kappa shape index (κ2) is 4.01. The van der Waals surface area contributed by atoms with Crippen LogP contribution in [-0.2, 0) is 7.05 Å². The van der Waals surface area contributed by atoms with Gasteiger partial charge in [0.05, 0.1) is 7.11 Å². The highest BCUT2D eigenvalue weighted by Crippen LogP contribution is 2.30. The summed E-state index contributed by atoms with van der Waals surface area (Å²) in [6.45, 7) is 0. The van der Waals surface area contributed by atoms with E-state index in [1.165, 1.54) is 24.4 Å². The molecule has 0 aliphatic rings. The number of hydrogen-bond donors (Lipinski definition) is 1. The molecule has 2 aromatic rings. The molecule has 0 bridgehead atoms. The van der Waals surface area contributed by atoms with Gasteiger partial charge in [-0.05, 0) is 0 Å². The Hall–Kier alpha value is -2.38. The van der Waals surface area contributed by atoms with Gasteiger partial charge >= 0.3 is 6.01 Å². The minimum absolute atomic E-state index is 0.166. The van der Waals surface area contributed by atoms with Crippen LogP contribution in [0.1, 0.15) is 0 Å². The van der Waals surface area contributed by atoms with Crippen LogP contribution in [0.2, 0.25) is 0 Å². The lowest BCUT2D eigenvalue weighted by atomic mass is 10.5. The number of hydrogen-bond acceptors (Lipinski definition) is 7. The number of aromatic nitrogens is 5. The van der Waals surface area contributed by atoms with Crippen LogP contribution >= 0.6 is 0 Å². The summed E-state index contributed by atoms with van der Waals surface area (Å²) in [5.74, 6) is 0.639. The van der Waals surface area contributed by atoms with Crippen LogP contribution < -0.4 is 15.2 Å². The quantitative estimate of drug-likeness (QED) is 0.779. The minimum Gasteiger partial charge on any atom is -0.489 e. The van der Waals surface area contributed by atoms with Gasteiger partial charge in [0.2, 0.25) is 5.75 Å². The summed E-state index contributed by atoms with van der Waals surface area (Å²) in [5.41, 5.74) is 5.59. The van der Waals surface area contributed by atoms with E-state index in [0.29, 0.717) is 0 Å². The number of rotatable bonds is 3. The average molecular weight is 222 g/mol. The third-order valence-electron chi connectivity index (χ3n) is 1.77. The van der Waals surface area contributed by atoms with Crippen LogP contribution in [0.4, 0.5) is 5.82 Å². The van der Waals surface area contributed by atoms with Gasteiger partial charge in [0, 0.05) is 7.05 Å². The highest BCUT2D eigenvalue weighted by atomic mass is 16.5. The van der Waals surface area contributed by atoms with Crippen LogP contribution in [0.5, 0.6) is 17.6 Å². The van der Waals surface area contributed by atoms with Gasteiger partial charge in [-0.2, -0.15) is 9.97 Å². The van der Waals surface area contributed by atoms with Crippen molar-refractivity contribution in [1.29, 1.82) is 0 Å². The fourth-order valence-corrected chi connectivity index (χ4v) is 1.09. The number of ether oxygens (including phenoxy) is 2. The van der Waals surface area contributed by atoms with Crippen molar-refractivity contribution in [3.63, 3.8) is 0 Å². The van der Waals surface area contributed by atoms with E-state index in [2.05, 4.69) is 20.1 Å². The summed E-state index contributed by atoms with van der Waals surface area (Å²) in [7, 11) is 3.18. The second-order valence-corrected chi connectivity index (χ2v) is 2.90. The Labute approximate surface area is 91.1 Å². The van der Waals surface area contributed by atoms with E-state index in [0.717, 1.165) is 0 Å². The Morgan fingerprint density at radius 3 is 2.75 bits per heavy atom. The zero-order chi connectivity index (χ0) is 11.5. The number of nitrogen functional groups attached to an aromatic ring is 1. The van der Waals surface area contributed by atoms with E-state index in [1.807, 2.05) is 0 Å². The molecule has 0 saturated heterocycles. The maximum atomic E-state index is 5.59. The number of aryl methyl sites for hydroxylation is 1. The van der Waals surface area contributed by atoms with Gasteiger partial charge in [0.15, 0.2) is 5.82 Å².